The predicted octanol–water partition coefficient (Wildman–Crippen LogP) is 4.03. The fourth-order valence-corrected chi connectivity index (χ4v) is 2.34. The second-order valence-electron chi connectivity index (χ2n) is 4.98. The molecule has 1 heterocycles. The summed E-state index contributed by atoms with van der Waals surface area (Å²) >= 11 is 0. The van der Waals surface area contributed by atoms with Gasteiger partial charge in [-0.05, 0) is 17.7 Å². The van der Waals surface area contributed by atoms with Crippen molar-refractivity contribution in [3.8, 4) is 16.9 Å². The summed E-state index contributed by atoms with van der Waals surface area (Å²) < 4.78 is 5.89. The van der Waals surface area contributed by atoms with Gasteiger partial charge in [0.15, 0.2) is 5.69 Å². The molecular weight excluding hydrogens is 290 g/mol. The fraction of sp³-hybridized carbons (Fsp3) is 0.0526. The van der Waals surface area contributed by atoms with Crippen molar-refractivity contribution in [3.63, 3.8) is 0 Å². The van der Waals surface area contributed by atoms with Crippen LogP contribution in [0.25, 0.3) is 11.1 Å². The number of hydrogen-bond donors (Lipinski definition) is 1. The zero-order valence-electron chi connectivity index (χ0n) is 12.3. The SMILES string of the molecule is O=C(O)c1ncccc1-c1ccccc1OCc1ccccc1. The topological polar surface area (TPSA) is 59.4 Å². The number of rotatable bonds is 5. The van der Waals surface area contributed by atoms with Crippen LogP contribution in [0, 0.1) is 0 Å². The summed E-state index contributed by atoms with van der Waals surface area (Å²) in [5.74, 6) is -0.426. The lowest BCUT2D eigenvalue weighted by Crippen LogP contribution is -2.04. The highest BCUT2D eigenvalue weighted by Gasteiger charge is 2.15. The van der Waals surface area contributed by atoms with Gasteiger partial charge >= 0.3 is 5.97 Å². The van der Waals surface area contributed by atoms with E-state index in [1.807, 2.05) is 54.6 Å². The van der Waals surface area contributed by atoms with Crippen LogP contribution in [0.15, 0.2) is 72.9 Å². The van der Waals surface area contributed by atoms with E-state index in [1.165, 1.54) is 6.20 Å². The van der Waals surface area contributed by atoms with E-state index >= 15 is 0 Å². The van der Waals surface area contributed by atoms with Gasteiger partial charge in [-0.25, -0.2) is 9.78 Å². The van der Waals surface area contributed by atoms with E-state index in [1.54, 1.807) is 12.1 Å². The average molecular weight is 305 g/mol. The minimum absolute atomic E-state index is 0.0169. The van der Waals surface area contributed by atoms with Crippen molar-refractivity contribution in [3.05, 3.63) is 84.2 Å². The largest absolute Gasteiger partial charge is 0.488 e. The summed E-state index contributed by atoms with van der Waals surface area (Å²) in [5, 5.41) is 9.32. The minimum atomic E-state index is -1.06. The lowest BCUT2D eigenvalue weighted by Gasteiger charge is -2.13. The maximum Gasteiger partial charge on any atom is 0.355 e. The first kappa shape index (κ1) is 14.8. The van der Waals surface area contributed by atoms with Crippen LogP contribution in [-0.2, 0) is 6.61 Å². The van der Waals surface area contributed by atoms with Crippen LogP contribution in [0.4, 0.5) is 0 Å². The van der Waals surface area contributed by atoms with E-state index in [0.29, 0.717) is 23.5 Å². The van der Waals surface area contributed by atoms with Crippen LogP contribution in [0.1, 0.15) is 16.1 Å². The molecule has 1 aromatic heterocycles. The molecule has 0 aliphatic heterocycles. The number of ether oxygens (including phenoxy) is 1. The molecular formula is C19H15NO3. The first-order chi connectivity index (χ1) is 11.3. The second kappa shape index (κ2) is 6.75. The molecule has 4 nitrogen and oxygen atoms in total. The summed E-state index contributed by atoms with van der Waals surface area (Å²) in [6.45, 7) is 0.417. The monoisotopic (exact) mass is 305 g/mol. The van der Waals surface area contributed by atoms with Crippen molar-refractivity contribution >= 4 is 5.97 Å². The third kappa shape index (κ3) is 3.37. The maximum atomic E-state index is 11.4. The summed E-state index contributed by atoms with van der Waals surface area (Å²) in [7, 11) is 0. The van der Waals surface area contributed by atoms with Crippen LogP contribution in [0.3, 0.4) is 0 Å². The van der Waals surface area contributed by atoms with Crippen molar-refractivity contribution < 1.29 is 14.6 Å². The van der Waals surface area contributed by atoms with E-state index in [4.69, 9.17) is 4.74 Å². The molecule has 3 rings (SSSR count). The van der Waals surface area contributed by atoms with Crippen LogP contribution < -0.4 is 4.74 Å². The van der Waals surface area contributed by atoms with E-state index in [-0.39, 0.29) is 5.69 Å². The van der Waals surface area contributed by atoms with Gasteiger partial charge in [-0.1, -0.05) is 54.6 Å². The summed E-state index contributed by atoms with van der Waals surface area (Å²) in [6, 6.07) is 20.7. The molecule has 3 aromatic rings. The van der Waals surface area contributed by atoms with Crippen LogP contribution >= 0.6 is 0 Å². The molecule has 0 atom stereocenters. The van der Waals surface area contributed by atoms with E-state index in [2.05, 4.69) is 4.98 Å². The number of carbonyl (C=O) groups is 1. The third-order valence-electron chi connectivity index (χ3n) is 3.42. The Morgan fingerprint density at radius 3 is 2.39 bits per heavy atom. The number of carboxylic acid groups (broad SMARTS) is 1. The number of pyridine rings is 1. The Morgan fingerprint density at radius 1 is 0.913 bits per heavy atom. The van der Waals surface area contributed by atoms with Gasteiger partial charge in [-0.2, -0.15) is 0 Å². The zero-order chi connectivity index (χ0) is 16.1. The lowest BCUT2D eigenvalue weighted by molar-refractivity contribution is 0.0691. The minimum Gasteiger partial charge on any atom is -0.488 e. The highest BCUT2D eigenvalue weighted by atomic mass is 16.5. The Kier molecular flexibility index (Phi) is 4.34. The van der Waals surface area contributed by atoms with Crippen LogP contribution in [0.5, 0.6) is 5.75 Å². The Bertz CT molecular complexity index is 816. The van der Waals surface area contributed by atoms with Gasteiger partial charge in [-0.15, -0.1) is 0 Å². The van der Waals surface area contributed by atoms with Crippen molar-refractivity contribution in [2.75, 3.05) is 0 Å². The maximum absolute atomic E-state index is 11.4. The van der Waals surface area contributed by atoms with Gasteiger partial charge < -0.3 is 9.84 Å². The fourth-order valence-electron chi connectivity index (χ4n) is 2.34. The molecule has 0 amide bonds. The molecule has 23 heavy (non-hydrogen) atoms. The molecule has 0 radical (unpaired) electrons. The molecule has 4 heteroatoms. The average Bonchev–Trinajstić information content (AvgIpc) is 2.61. The summed E-state index contributed by atoms with van der Waals surface area (Å²) in [6.07, 6.45) is 1.47. The predicted molar refractivity (Wildman–Crippen MR) is 87.4 cm³/mol. The van der Waals surface area contributed by atoms with Gasteiger partial charge in [0.2, 0.25) is 0 Å². The normalized spacial score (nSPS) is 10.3. The molecule has 114 valence electrons. The molecule has 0 saturated carbocycles. The van der Waals surface area contributed by atoms with Gasteiger partial charge in [0.25, 0.3) is 0 Å². The van der Waals surface area contributed by atoms with E-state index in [9.17, 15) is 9.90 Å². The van der Waals surface area contributed by atoms with Crippen LogP contribution in [0.2, 0.25) is 0 Å². The van der Waals surface area contributed by atoms with Gasteiger partial charge in [-0.3, -0.25) is 0 Å². The Labute approximate surface area is 134 Å². The molecule has 0 aliphatic rings. The molecule has 0 aliphatic carbocycles. The third-order valence-corrected chi connectivity index (χ3v) is 3.42. The standard InChI is InChI=1S/C19H15NO3/c21-19(22)18-16(10-6-12-20-18)15-9-4-5-11-17(15)23-13-14-7-2-1-3-8-14/h1-12H,13H2,(H,21,22). The number of benzene rings is 2. The first-order valence-corrected chi connectivity index (χ1v) is 7.20. The van der Waals surface area contributed by atoms with Crippen molar-refractivity contribution in [1.82, 2.24) is 4.98 Å². The zero-order valence-corrected chi connectivity index (χ0v) is 12.3. The summed E-state index contributed by atoms with van der Waals surface area (Å²) in [4.78, 5) is 15.3. The molecule has 0 fully saturated rings. The Hall–Kier alpha value is -3.14. The van der Waals surface area contributed by atoms with Crippen molar-refractivity contribution in [2.24, 2.45) is 0 Å². The number of aromatic nitrogens is 1. The molecule has 0 saturated heterocycles. The Balaban J connectivity index is 1.94. The smallest absolute Gasteiger partial charge is 0.355 e. The highest BCUT2D eigenvalue weighted by Crippen LogP contribution is 2.32. The lowest BCUT2D eigenvalue weighted by atomic mass is 10.0. The number of nitrogens with zero attached hydrogens (tertiary/aromatic N) is 1. The number of carboxylic acids is 1. The van der Waals surface area contributed by atoms with Crippen molar-refractivity contribution in [2.45, 2.75) is 6.61 Å². The first-order valence-electron chi connectivity index (χ1n) is 7.20. The van der Waals surface area contributed by atoms with E-state index in [0.717, 1.165) is 5.56 Å². The Morgan fingerprint density at radius 2 is 1.61 bits per heavy atom. The van der Waals surface area contributed by atoms with Gasteiger partial charge in [0.1, 0.15) is 12.4 Å². The van der Waals surface area contributed by atoms with Crippen LogP contribution in [-0.4, -0.2) is 16.1 Å². The van der Waals surface area contributed by atoms with Crippen molar-refractivity contribution in [1.29, 1.82) is 0 Å². The molecule has 2 aromatic carbocycles. The number of para-hydroxylation sites is 1. The quantitative estimate of drug-likeness (QED) is 0.773. The highest BCUT2D eigenvalue weighted by molar-refractivity contribution is 5.94. The molecule has 1 N–H and O–H groups in total. The molecule has 0 spiro atoms. The molecule has 0 unspecified atom stereocenters. The number of hydrogen-bond acceptors (Lipinski definition) is 3. The van der Waals surface area contributed by atoms with Gasteiger partial charge in [0.05, 0.1) is 0 Å². The second-order valence-corrected chi connectivity index (χ2v) is 4.98. The van der Waals surface area contributed by atoms with Gasteiger partial charge in [0, 0.05) is 17.3 Å². The summed E-state index contributed by atoms with van der Waals surface area (Å²) in [5.41, 5.74) is 2.33. The van der Waals surface area contributed by atoms with E-state index < -0.39 is 5.97 Å². The molecule has 0 bridgehead atoms. The number of aromatic carboxylic acids is 1.